The van der Waals surface area contributed by atoms with Gasteiger partial charge in [-0.3, -0.25) is 4.79 Å². The molecule has 0 aliphatic heterocycles. The van der Waals surface area contributed by atoms with Crippen LogP contribution in [0.2, 0.25) is 0 Å². The van der Waals surface area contributed by atoms with Gasteiger partial charge in [-0.1, -0.05) is 36.2 Å². The first-order valence-corrected chi connectivity index (χ1v) is 5.85. The molecule has 1 rings (SSSR count). The third-order valence-electron chi connectivity index (χ3n) is 2.92. The van der Waals surface area contributed by atoms with Crippen molar-refractivity contribution < 1.29 is 4.79 Å². The van der Waals surface area contributed by atoms with Gasteiger partial charge in [-0.2, -0.15) is 0 Å². The lowest BCUT2D eigenvalue weighted by Crippen LogP contribution is -2.20. The molecular weight excluding hydrogens is 198 g/mol. The predicted molar refractivity (Wildman–Crippen MR) is 67.6 cm³/mol. The summed E-state index contributed by atoms with van der Waals surface area (Å²) >= 11 is 0. The summed E-state index contributed by atoms with van der Waals surface area (Å²) in [7, 11) is 1.69. The maximum absolute atomic E-state index is 11.4. The SMILES string of the molecule is CCC(CC(=O)NC)c1cc(C)cc(C)c1. The minimum Gasteiger partial charge on any atom is -0.359 e. The van der Waals surface area contributed by atoms with Crippen molar-refractivity contribution in [2.45, 2.75) is 39.5 Å². The second-order valence-corrected chi connectivity index (χ2v) is 4.40. The van der Waals surface area contributed by atoms with E-state index in [2.05, 4.69) is 44.3 Å². The Labute approximate surface area is 98.1 Å². The largest absolute Gasteiger partial charge is 0.359 e. The fourth-order valence-corrected chi connectivity index (χ4v) is 2.07. The van der Waals surface area contributed by atoms with Gasteiger partial charge in [0.05, 0.1) is 0 Å². The summed E-state index contributed by atoms with van der Waals surface area (Å²) in [5, 5.41) is 2.69. The molecule has 0 saturated heterocycles. The quantitative estimate of drug-likeness (QED) is 0.828. The predicted octanol–water partition coefficient (Wildman–Crippen LogP) is 2.93. The Morgan fingerprint density at radius 2 is 1.81 bits per heavy atom. The monoisotopic (exact) mass is 219 g/mol. The van der Waals surface area contributed by atoms with Crippen LogP contribution in [0, 0.1) is 13.8 Å². The van der Waals surface area contributed by atoms with Crippen LogP contribution in [0.5, 0.6) is 0 Å². The molecule has 0 bridgehead atoms. The van der Waals surface area contributed by atoms with E-state index >= 15 is 0 Å². The van der Waals surface area contributed by atoms with E-state index in [9.17, 15) is 4.79 Å². The molecule has 2 heteroatoms. The highest BCUT2D eigenvalue weighted by atomic mass is 16.1. The van der Waals surface area contributed by atoms with Crippen LogP contribution >= 0.6 is 0 Å². The van der Waals surface area contributed by atoms with Gasteiger partial charge >= 0.3 is 0 Å². The molecule has 1 N–H and O–H groups in total. The average molecular weight is 219 g/mol. The minimum absolute atomic E-state index is 0.117. The van der Waals surface area contributed by atoms with Gasteiger partial charge in [0, 0.05) is 13.5 Å². The van der Waals surface area contributed by atoms with Gasteiger partial charge < -0.3 is 5.32 Å². The number of rotatable bonds is 4. The normalized spacial score (nSPS) is 12.2. The summed E-state index contributed by atoms with van der Waals surface area (Å²) in [6.07, 6.45) is 1.58. The summed E-state index contributed by atoms with van der Waals surface area (Å²) in [6.45, 7) is 6.33. The molecule has 0 aliphatic carbocycles. The smallest absolute Gasteiger partial charge is 0.220 e. The average Bonchev–Trinajstić information content (AvgIpc) is 2.24. The van der Waals surface area contributed by atoms with Gasteiger partial charge in [0.1, 0.15) is 0 Å². The van der Waals surface area contributed by atoms with Crippen LogP contribution in [0.4, 0.5) is 0 Å². The summed E-state index contributed by atoms with van der Waals surface area (Å²) in [6, 6.07) is 6.53. The molecule has 1 aromatic rings. The first-order valence-electron chi connectivity index (χ1n) is 5.85. The second kappa shape index (κ2) is 5.69. The van der Waals surface area contributed by atoms with Gasteiger partial charge in [-0.05, 0) is 31.7 Å². The van der Waals surface area contributed by atoms with Crippen molar-refractivity contribution >= 4 is 5.91 Å². The zero-order chi connectivity index (χ0) is 12.1. The van der Waals surface area contributed by atoms with Crippen LogP contribution in [0.3, 0.4) is 0 Å². The number of amides is 1. The zero-order valence-electron chi connectivity index (χ0n) is 10.6. The van der Waals surface area contributed by atoms with Crippen LogP contribution in [0.25, 0.3) is 0 Å². The van der Waals surface area contributed by atoms with Crippen LogP contribution in [0.15, 0.2) is 18.2 Å². The summed E-state index contributed by atoms with van der Waals surface area (Å²) in [5.74, 6) is 0.449. The Bertz CT molecular complexity index is 351. The Morgan fingerprint density at radius 3 is 2.25 bits per heavy atom. The molecular formula is C14H21NO. The van der Waals surface area contributed by atoms with Crippen molar-refractivity contribution in [3.8, 4) is 0 Å². The van der Waals surface area contributed by atoms with Crippen molar-refractivity contribution in [3.63, 3.8) is 0 Å². The lowest BCUT2D eigenvalue weighted by Gasteiger charge is -2.15. The molecule has 88 valence electrons. The van der Waals surface area contributed by atoms with E-state index in [1.165, 1.54) is 16.7 Å². The summed E-state index contributed by atoms with van der Waals surface area (Å²) in [4.78, 5) is 11.4. The standard InChI is InChI=1S/C14H21NO/c1-5-12(9-14(16)15-4)13-7-10(2)6-11(3)8-13/h6-8,12H,5,9H2,1-4H3,(H,15,16). The third kappa shape index (κ3) is 3.37. The number of hydrogen-bond acceptors (Lipinski definition) is 1. The molecule has 0 aliphatic rings. The number of carbonyl (C=O) groups is 1. The molecule has 0 fully saturated rings. The lowest BCUT2D eigenvalue weighted by atomic mass is 9.90. The fourth-order valence-electron chi connectivity index (χ4n) is 2.07. The Morgan fingerprint density at radius 1 is 1.25 bits per heavy atom. The van der Waals surface area contributed by atoms with E-state index in [1.807, 2.05) is 0 Å². The number of hydrogen-bond donors (Lipinski definition) is 1. The first-order chi connectivity index (χ1) is 7.56. The molecule has 1 atom stereocenters. The van der Waals surface area contributed by atoms with Gasteiger partial charge in [0.15, 0.2) is 0 Å². The van der Waals surface area contributed by atoms with Gasteiger partial charge in [0.2, 0.25) is 5.91 Å². The van der Waals surface area contributed by atoms with Crippen molar-refractivity contribution in [1.29, 1.82) is 0 Å². The third-order valence-corrected chi connectivity index (χ3v) is 2.92. The highest BCUT2D eigenvalue weighted by molar-refractivity contribution is 5.76. The number of aryl methyl sites for hydroxylation is 2. The Kier molecular flexibility index (Phi) is 4.53. The molecule has 0 heterocycles. The maximum Gasteiger partial charge on any atom is 0.220 e. The van der Waals surface area contributed by atoms with E-state index < -0.39 is 0 Å². The molecule has 0 aromatic heterocycles. The van der Waals surface area contributed by atoms with Crippen molar-refractivity contribution in [2.75, 3.05) is 7.05 Å². The number of nitrogens with one attached hydrogen (secondary N) is 1. The molecule has 2 nitrogen and oxygen atoms in total. The first kappa shape index (κ1) is 12.8. The number of benzene rings is 1. The summed E-state index contributed by atoms with van der Waals surface area (Å²) in [5.41, 5.74) is 3.82. The van der Waals surface area contributed by atoms with Gasteiger partial charge in [-0.25, -0.2) is 0 Å². The van der Waals surface area contributed by atoms with Crippen molar-refractivity contribution in [2.24, 2.45) is 0 Å². The second-order valence-electron chi connectivity index (χ2n) is 4.40. The fraction of sp³-hybridized carbons (Fsp3) is 0.500. The molecule has 0 saturated carbocycles. The highest BCUT2D eigenvalue weighted by Gasteiger charge is 2.13. The van der Waals surface area contributed by atoms with Crippen LogP contribution in [-0.4, -0.2) is 13.0 Å². The molecule has 1 aromatic carbocycles. The zero-order valence-corrected chi connectivity index (χ0v) is 10.6. The Hall–Kier alpha value is -1.31. The molecule has 1 unspecified atom stereocenters. The van der Waals surface area contributed by atoms with E-state index in [4.69, 9.17) is 0 Å². The Balaban J connectivity index is 2.90. The van der Waals surface area contributed by atoms with E-state index in [0.29, 0.717) is 12.3 Å². The van der Waals surface area contributed by atoms with E-state index in [0.717, 1.165) is 6.42 Å². The van der Waals surface area contributed by atoms with Crippen LogP contribution < -0.4 is 5.32 Å². The molecule has 16 heavy (non-hydrogen) atoms. The molecule has 1 amide bonds. The van der Waals surface area contributed by atoms with Crippen LogP contribution in [-0.2, 0) is 4.79 Å². The lowest BCUT2D eigenvalue weighted by molar-refractivity contribution is -0.121. The van der Waals surface area contributed by atoms with Crippen LogP contribution in [0.1, 0.15) is 42.4 Å². The topological polar surface area (TPSA) is 29.1 Å². The van der Waals surface area contributed by atoms with E-state index in [-0.39, 0.29) is 5.91 Å². The van der Waals surface area contributed by atoms with Gasteiger partial charge in [-0.15, -0.1) is 0 Å². The van der Waals surface area contributed by atoms with E-state index in [1.54, 1.807) is 7.05 Å². The minimum atomic E-state index is 0.117. The maximum atomic E-state index is 11.4. The van der Waals surface area contributed by atoms with Crippen molar-refractivity contribution in [3.05, 3.63) is 34.9 Å². The van der Waals surface area contributed by atoms with Gasteiger partial charge in [0.25, 0.3) is 0 Å². The molecule has 0 spiro atoms. The number of carbonyl (C=O) groups excluding carboxylic acids is 1. The highest BCUT2D eigenvalue weighted by Crippen LogP contribution is 2.25. The molecule has 0 radical (unpaired) electrons. The van der Waals surface area contributed by atoms with Crippen molar-refractivity contribution in [1.82, 2.24) is 5.32 Å². The summed E-state index contributed by atoms with van der Waals surface area (Å²) < 4.78 is 0.